The lowest BCUT2D eigenvalue weighted by Gasteiger charge is -2.24. The van der Waals surface area contributed by atoms with Crippen LogP contribution in [0.5, 0.6) is 5.75 Å². The summed E-state index contributed by atoms with van der Waals surface area (Å²) in [6, 6.07) is 4.31. The van der Waals surface area contributed by atoms with Gasteiger partial charge >= 0.3 is 0 Å². The van der Waals surface area contributed by atoms with Crippen molar-refractivity contribution in [3.63, 3.8) is 0 Å². The Hall–Kier alpha value is -1.66. The quantitative estimate of drug-likeness (QED) is 0.760. The zero-order valence-corrected chi connectivity index (χ0v) is 14.8. The molecular weight excluding hydrogens is 335 g/mol. The van der Waals surface area contributed by atoms with Gasteiger partial charge in [-0.3, -0.25) is 9.59 Å². The van der Waals surface area contributed by atoms with Crippen molar-refractivity contribution in [2.24, 2.45) is 0 Å². The van der Waals surface area contributed by atoms with Crippen LogP contribution in [0.15, 0.2) is 18.2 Å². The van der Waals surface area contributed by atoms with Crippen LogP contribution < -0.4 is 10.1 Å². The Bertz CT molecular complexity index is 583. The maximum Gasteiger partial charge on any atom is 0.223 e. The number of nitrogens with one attached hydrogen (secondary N) is 1. The normalized spacial score (nSPS) is 16.6. The van der Waals surface area contributed by atoms with E-state index in [1.165, 1.54) is 19.2 Å². The summed E-state index contributed by atoms with van der Waals surface area (Å²) >= 11 is 0. The molecular formula is C17H24ClFN2O3. The average molecular weight is 359 g/mol. The summed E-state index contributed by atoms with van der Waals surface area (Å²) in [5.74, 6) is -0.711. The number of methoxy groups -OCH3 is 1. The molecule has 1 heterocycles. The number of carbonyl (C=O) groups is 2. The first kappa shape index (κ1) is 20.4. The number of carbonyl (C=O) groups excluding carboxylic acids is 2. The lowest BCUT2D eigenvalue weighted by Crippen LogP contribution is -2.40. The van der Waals surface area contributed by atoms with E-state index in [9.17, 15) is 14.0 Å². The molecule has 5 nitrogen and oxygen atoms in total. The number of ketones is 1. The highest BCUT2D eigenvalue weighted by Gasteiger charge is 2.28. The van der Waals surface area contributed by atoms with Crippen LogP contribution >= 0.6 is 12.4 Å². The molecule has 134 valence electrons. The minimum Gasteiger partial charge on any atom is -0.494 e. The van der Waals surface area contributed by atoms with Crippen LogP contribution in [-0.2, 0) is 4.79 Å². The Balaban J connectivity index is 0.00000288. The van der Waals surface area contributed by atoms with Crippen molar-refractivity contribution in [3.05, 3.63) is 29.6 Å². The molecule has 0 aromatic heterocycles. The maximum absolute atomic E-state index is 13.6. The van der Waals surface area contributed by atoms with Crippen LogP contribution in [0.3, 0.4) is 0 Å². The summed E-state index contributed by atoms with van der Waals surface area (Å²) in [4.78, 5) is 26.3. The van der Waals surface area contributed by atoms with Crippen molar-refractivity contribution in [2.45, 2.75) is 31.7 Å². The summed E-state index contributed by atoms with van der Waals surface area (Å²) < 4.78 is 18.5. The van der Waals surface area contributed by atoms with Gasteiger partial charge in [0, 0.05) is 37.5 Å². The SMILES string of the molecule is CNCC1CCCN1C(=O)CCC(=O)c1ccc(OC)c(F)c1.Cl. The number of nitrogens with zero attached hydrogens (tertiary/aromatic N) is 1. The van der Waals surface area contributed by atoms with Gasteiger partial charge in [0.25, 0.3) is 0 Å². The van der Waals surface area contributed by atoms with E-state index in [2.05, 4.69) is 5.32 Å². The van der Waals surface area contributed by atoms with Gasteiger partial charge in [-0.05, 0) is 38.1 Å². The standard InChI is InChI=1S/C17H23FN2O3.ClH/c1-19-11-13-4-3-9-20(13)17(22)8-6-15(21)12-5-7-16(23-2)14(18)10-12;/h5,7,10,13,19H,3-4,6,8-9,11H2,1-2H3;1H. The van der Waals surface area contributed by atoms with E-state index >= 15 is 0 Å². The fourth-order valence-electron chi connectivity index (χ4n) is 2.96. The minimum absolute atomic E-state index is 0. The highest BCUT2D eigenvalue weighted by molar-refractivity contribution is 5.98. The van der Waals surface area contributed by atoms with Crippen molar-refractivity contribution in [3.8, 4) is 5.75 Å². The summed E-state index contributed by atoms with van der Waals surface area (Å²) in [5, 5.41) is 3.09. The van der Waals surface area contributed by atoms with Gasteiger partial charge < -0.3 is 15.0 Å². The first-order valence-electron chi connectivity index (χ1n) is 7.87. The van der Waals surface area contributed by atoms with Gasteiger partial charge in [-0.2, -0.15) is 0 Å². The van der Waals surface area contributed by atoms with Gasteiger partial charge in [0.15, 0.2) is 17.3 Å². The molecule has 1 fully saturated rings. The molecule has 1 aliphatic rings. The molecule has 1 N–H and O–H groups in total. The number of amides is 1. The van der Waals surface area contributed by atoms with Crippen molar-refractivity contribution in [1.29, 1.82) is 0 Å². The van der Waals surface area contributed by atoms with Crippen LogP contribution in [0.1, 0.15) is 36.0 Å². The molecule has 0 radical (unpaired) electrons. The molecule has 0 bridgehead atoms. The third kappa shape index (κ3) is 4.92. The second kappa shape index (κ2) is 9.59. The Labute approximate surface area is 148 Å². The zero-order chi connectivity index (χ0) is 16.8. The lowest BCUT2D eigenvalue weighted by atomic mass is 10.1. The lowest BCUT2D eigenvalue weighted by molar-refractivity contribution is -0.131. The summed E-state index contributed by atoms with van der Waals surface area (Å²) in [7, 11) is 3.24. The van der Waals surface area contributed by atoms with Crippen molar-refractivity contribution >= 4 is 24.1 Å². The monoisotopic (exact) mass is 358 g/mol. The maximum atomic E-state index is 13.6. The van der Waals surface area contributed by atoms with Gasteiger partial charge in [-0.25, -0.2) is 4.39 Å². The first-order chi connectivity index (χ1) is 11.1. The second-order valence-corrected chi connectivity index (χ2v) is 5.71. The third-order valence-corrected chi connectivity index (χ3v) is 4.18. The zero-order valence-electron chi connectivity index (χ0n) is 14.0. The largest absolute Gasteiger partial charge is 0.494 e. The van der Waals surface area contributed by atoms with E-state index in [-0.39, 0.29) is 54.3 Å². The van der Waals surface area contributed by atoms with Crippen LogP contribution in [0.2, 0.25) is 0 Å². The van der Waals surface area contributed by atoms with E-state index < -0.39 is 5.82 Å². The van der Waals surface area contributed by atoms with Crippen LogP contribution in [0.4, 0.5) is 4.39 Å². The number of likely N-dealkylation sites (N-methyl/N-ethyl adjacent to an activating group) is 1. The van der Waals surface area contributed by atoms with Crippen molar-refractivity contribution < 1.29 is 18.7 Å². The predicted octanol–water partition coefficient (Wildman–Crippen LogP) is 2.43. The van der Waals surface area contributed by atoms with Gasteiger partial charge in [-0.1, -0.05) is 0 Å². The molecule has 1 saturated heterocycles. The summed E-state index contributed by atoms with van der Waals surface area (Å²) in [6.07, 6.45) is 2.24. The summed E-state index contributed by atoms with van der Waals surface area (Å²) in [6.45, 7) is 1.51. The Morgan fingerprint density at radius 1 is 1.38 bits per heavy atom. The topological polar surface area (TPSA) is 58.6 Å². The van der Waals surface area contributed by atoms with E-state index in [0.717, 1.165) is 32.0 Å². The Morgan fingerprint density at radius 2 is 2.12 bits per heavy atom. The van der Waals surface area contributed by atoms with E-state index in [1.54, 1.807) is 0 Å². The van der Waals surface area contributed by atoms with E-state index in [1.807, 2.05) is 11.9 Å². The molecule has 24 heavy (non-hydrogen) atoms. The van der Waals surface area contributed by atoms with Crippen LogP contribution in [-0.4, -0.2) is 49.9 Å². The molecule has 0 saturated carbocycles. The van der Waals surface area contributed by atoms with Gasteiger partial charge in [0.2, 0.25) is 5.91 Å². The predicted molar refractivity (Wildman–Crippen MR) is 92.4 cm³/mol. The second-order valence-electron chi connectivity index (χ2n) is 5.71. The molecule has 1 amide bonds. The fraction of sp³-hybridized carbons (Fsp3) is 0.529. The molecule has 1 aromatic rings. The van der Waals surface area contributed by atoms with Gasteiger partial charge in [0.1, 0.15) is 0 Å². The number of ether oxygens (including phenoxy) is 1. The van der Waals surface area contributed by atoms with Gasteiger partial charge in [-0.15, -0.1) is 12.4 Å². The number of rotatable bonds is 7. The molecule has 1 aliphatic heterocycles. The smallest absolute Gasteiger partial charge is 0.223 e. The molecule has 2 rings (SSSR count). The molecule has 0 spiro atoms. The molecule has 1 atom stereocenters. The Kier molecular flexibility index (Phi) is 8.15. The average Bonchev–Trinajstić information content (AvgIpc) is 3.01. The van der Waals surface area contributed by atoms with E-state index in [4.69, 9.17) is 4.74 Å². The van der Waals surface area contributed by atoms with Crippen LogP contribution in [0, 0.1) is 5.82 Å². The molecule has 1 unspecified atom stereocenters. The first-order valence-corrected chi connectivity index (χ1v) is 7.87. The Morgan fingerprint density at radius 3 is 2.75 bits per heavy atom. The minimum atomic E-state index is -0.571. The molecule has 1 aromatic carbocycles. The molecule has 0 aliphatic carbocycles. The number of benzene rings is 1. The number of Topliss-reactive ketones (excluding diaryl/α,β-unsaturated/α-hetero) is 1. The molecule has 7 heteroatoms. The highest BCUT2D eigenvalue weighted by Crippen LogP contribution is 2.21. The fourth-order valence-corrected chi connectivity index (χ4v) is 2.96. The number of likely N-dealkylation sites (tertiary alicyclic amines) is 1. The van der Waals surface area contributed by atoms with Crippen molar-refractivity contribution in [2.75, 3.05) is 27.2 Å². The van der Waals surface area contributed by atoms with Gasteiger partial charge in [0.05, 0.1) is 7.11 Å². The third-order valence-electron chi connectivity index (χ3n) is 4.18. The van der Waals surface area contributed by atoms with Crippen molar-refractivity contribution in [1.82, 2.24) is 10.2 Å². The van der Waals surface area contributed by atoms with E-state index in [0.29, 0.717) is 0 Å². The van der Waals surface area contributed by atoms with Crippen LogP contribution in [0.25, 0.3) is 0 Å². The highest BCUT2D eigenvalue weighted by atomic mass is 35.5. The number of hydrogen-bond acceptors (Lipinski definition) is 4. The number of hydrogen-bond donors (Lipinski definition) is 1. The summed E-state index contributed by atoms with van der Waals surface area (Å²) in [5.41, 5.74) is 0.268. The number of halogens is 2.